The molecule has 2 heterocycles. The molecule has 31 heavy (non-hydrogen) atoms. The number of allylic oxidation sites excluding steroid dienone is 3. The molecule has 0 fully saturated rings. The van der Waals surface area contributed by atoms with Crippen molar-refractivity contribution >= 4 is 22.4 Å². The number of nitrogens with zero attached hydrogens (tertiary/aromatic N) is 4. The molecule has 1 aliphatic carbocycles. The second-order valence-corrected chi connectivity index (χ2v) is 9.37. The lowest BCUT2D eigenvalue weighted by atomic mass is 9.64. The Morgan fingerprint density at radius 2 is 1.77 bits per heavy atom. The molecule has 3 aromatic rings. The fraction of sp³-hybridized carbons (Fsp3) is 0.400. The van der Waals surface area contributed by atoms with E-state index in [1.807, 2.05) is 17.8 Å². The van der Waals surface area contributed by atoms with Gasteiger partial charge in [0.25, 0.3) is 0 Å². The van der Waals surface area contributed by atoms with Crippen LogP contribution in [-0.4, -0.2) is 26.9 Å². The number of benzene rings is 1. The first kappa shape index (κ1) is 21.2. The zero-order chi connectivity index (χ0) is 22.4. The Kier molecular flexibility index (Phi) is 5.21. The third-order valence-corrected chi connectivity index (χ3v) is 6.42. The molecule has 0 amide bonds. The van der Waals surface area contributed by atoms with Gasteiger partial charge in [-0.05, 0) is 29.6 Å². The van der Waals surface area contributed by atoms with Gasteiger partial charge in [-0.15, -0.1) is 0 Å². The van der Waals surface area contributed by atoms with E-state index < -0.39 is 5.60 Å². The second kappa shape index (κ2) is 7.61. The van der Waals surface area contributed by atoms with Crippen LogP contribution in [-0.2, 0) is 17.4 Å². The summed E-state index contributed by atoms with van der Waals surface area (Å²) in [6.45, 7) is 8.92. The Hall–Kier alpha value is -2.99. The maximum absolute atomic E-state index is 6.46. The molecule has 162 valence electrons. The number of nitrogens with two attached hydrogens (primary N) is 1. The van der Waals surface area contributed by atoms with Crippen molar-refractivity contribution in [2.45, 2.75) is 39.7 Å². The molecule has 1 aliphatic rings. The Bertz CT molecular complexity index is 1170. The first-order chi connectivity index (χ1) is 14.7. The van der Waals surface area contributed by atoms with Gasteiger partial charge in [-0.3, -0.25) is 4.68 Å². The normalized spacial score (nSPS) is 19.1. The highest BCUT2D eigenvalue weighted by molar-refractivity contribution is 5.83. The third kappa shape index (κ3) is 3.35. The van der Waals surface area contributed by atoms with E-state index in [1.165, 1.54) is 11.1 Å². The van der Waals surface area contributed by atoms with Crippen molar-refractivity contribution < 1.29 is 4.74 Å². The molecule has 0 saturated carbocycles. The standard InChI is InChI=1S/C25H31N5O/c1-16-13-17(18-14-27-23(26)28-15-18)11-12-20(16)25(31-6,24(2,3)4)22-19-9-7-8-10-21(19)30(5)29-22/h7-12,14-16H,13H2,1-6H3,(H2,26,27,28). The number of aromatic nitrogens is 4. The number of rotatable bonds is 4. The highest BCUT2D eigenvalue weighted by Gasteiger charge is 2.51. The molecule has 0 aliphatic heterocycles. The smallest absolute Gasteiger partial charge is 0.219 e. The molecule has 1 aromatic carbocycles. The second-order valence-electron chi connectivity index (χ2n) is 9.37. The number of hydrogen-bond acceptors (Lipinski definition) is 5. The van der Waals surface area contributed by atoms with Crippen molar-refractivity contribution in [2.24, 2.45) is 18.4 Å². The molecule has 2 unspecified atom stereocenters. The Morgan fingerprint density at radius 3 is 2.39 bits per heavy atom. The number of para-hydroxylation sites is 1. The van der Waals surface area contributed by atoms with Crippen LogP contribution in [0.3, 0.4) is 0 Å². The van der Waals surface area contributed by atoms with Crippen LogP contribution in [0.15, 0.2) is 54.4 Å². The van der Waals surface area contributed by atoms with Crippen LogP contribution in [0.25, 0.3) is 16.5 Å². The van der Waals surface area contributed by atoms with Gasteiger partial charge >= 0.3 is 0 Å². The summed E-state index contributed by atoms with van der Waals surface area (Å²) in [4.78, 5) is 8.31. The number of nitrogen functional groups attached to an aromatic ring is 1. The van der Waals surface area contributed by atoms with Crippen molar-refractivity contribution in [3.05, 3.63) is 65.6 Å². The minimum absolute atomic E-state index is 0.228. The van der Waals surface area contributed by atoms with Crippen LogP contribution in [0.1, 0.15) is 45.4 Å². The van der Waals surface area contributed by atoms with Crippen LogP contribution < -0.4 is 5.73 Å². The fourth-order valence-corrected chi connectivity index (χ4v) is 4.96. The lowest BCUT2D eigenvalue weighted by Crippen LogP contribution is -2.46. The van der Waals surface area contributed by atoms with E-state index in [2.05, 4.69) is 68.0 Å². The first-order valence-electron chi connectivity index (χ1n) is 10.7. The lowest BCUT2D eigenvalue weighted by molar-refractivity contribution is -0.0765. The van der Waals surface area contributed by atoms with Gasteiger partial charge in [0.15, 0.2) is 0 Å². The molecule has 0 saturated heterocycles. The zero-order valence-electron chi connectivity index (χ0n) is 19.2. The molecule has 0 spiro atoms. The van der Waals surface area contributed by atoms with Gasteiger partial charge < -0.3 is 10.5 Å². The van der Waals surface area contributed by atoms with Crippen molar-refractivity contribution in [3.63, 3.8) is 0 Å². The Balaban J connectivity index is 1.92. The van der Waals surface area contributed by atoms with Gasteiger partial charge in [0.2, 0.25) is 5.95 Å². The van der Waals surface area contributed by atoms with Crippen LogP contribution in [0.2, 0.25) is 0 Å². The number of ether oxygens (including phenoxy) is 1. The number of hydrogen-bond donors (Lipinski definition) is 1. The van der Waals surface area contributed by atoms with Crippen LogP contribution in [0.4, 0.5) is 5.95 Å². The summed E-state index contributed by atoms with van der Waals surface area (Å²) in [7, 11) is 3.79. The summed E-state index contributed by atoms with van der Waals surface area (Å²) in [6, 6.07) is 8.35. The van der Waals surface area contributed by atoms with Crippen molar-refractivity contribution in [3.8, 4) is 0 Å². The average molecular weight is 418 g/mol. The molecule has 6 nitrogen and oxygen atoms in total. The molecular formula is C25H31N5O. The largest absolute Gasteiger partial charge is 0.368 e. The molecule has 2 aromatic heterocycles. The van der Waals surface area contributed by atoms with Gasteiger partial charge in [-0.25, -0.2) is 9.97 Å². The minimum atomic E-state index is -0.674. The topological polar surface area (TPSA) is 78.8 Å². The molecule has 0 bridgehead atoms. The summed E-state index contributed by atoms with van der Waals surface area (Å²) in [5.74, 6) is 0.537. The summed E-state index contributed by atoms with van der Waals surface area (Å²) in [5.41, 5.74) is 10.2. The van der Waals surface area contributed by atoms with Crippen LogP contribution in [0, 0.1) is 11.3 Å². The van der Waals surface area contributed by atoms with Crippen molar-refractivity contribution in [2.75, 3.05) is 12.8 Å². The fourth-order valence-electron chi connectivity index (χ4n) is 4.96. The predicted molar refractivity (Wildman–Crippen MR) is 125 cm³/mol. The maximum Gasteiger partial charge on any atom is 0.219 e. The van der Waals surface area contributed by atoms with E-state index >= 15 is 0 Å². The van der Waals surface area contributed by atoms with Crippen LogP contribution in [0.5, 0.6) is 0 Å². The number of aryl methyl sites for hydroxylation is 1. The summed E-state index contributed by atoms with van der Waals surface area (Å²) >= 11 is 0. The third-order valence-electron chi connectivity index (χ3n) is 6.42. The van der Waals surface area contributed by atoms with E-state index in [0.29, 0.717) is 0 Å². The van der Waals surface area contributed by atoms with Gasteiger partial charge in [0.05, 0.1) is 5.52 Å². The summed E-state index contributed by atoms with van der Waals surface area (Å²) < 4.78 is 8.41. The number of anilines is 1. The molecule has 2 N–H and O–H groups in total. The lowest BCUT2D eigenvalue weighted by Gasteiger charge is -2.47. The highest BCUT2D eigenvalue weighted by Crippen LogP contribution is 2.53. The van der Waals surface area contributed by atoms with Crippen molar-refractivity contribution in [1.82, 2.24) is 19.7 Å². The van der Waals surface area contributed by atoms with Crippen LogP contribution >= 0.6 is 0 Å². The average Bonchev–Trinajstić information content (AvgIpc) is 3.07. The van der Waals surface area contributed by atoms with Gasteiger partial charge in [-0.2, -0.15) is 5.10 Å². The zero-order valence-corrected chi connectivity index (χ0v) is 19.2. The molecule has 2 atom stereocenters. The van der Waals surface area contributed by atoms with Crippen molar-refractivity contribution in [1.29, 1.82) is 0 Å². The quantitative estimate of drug-likeness (QED) is 0.654. The molecule has 4 rings (SSSR count). The van der Waals surface area contributed by atoms with E-state index in [-0.39, 0.29) is 17.3 Å². The summed E-state index contributed by atoms with van der Waals surface area (Å²) in [6.07, 6.45) is 8.82. The van der Waals surface area contributed by atoms with Gasteiger partial charge in [0, 0.05) is 42.9 Å². The van der Waals surface area contributed by atoms with E-state index in [0.717, 1.165) is 28.6 Å². The van der Waals surface area contributed by atoms with Gasteiger partial charge in [0.1, 0.15) is 11.3 Å². The predicted octanol–water partition coefficient (Wildman–Crippen LogP) is 4.88. The monoisotopic (exact) mass is 417 g/mol. The number of methoxy groups -OCH3 is 1. The molecule has 6 heteroatoms. The minimum Gasteiger partial charge on any atom is -0.368 e. The first-order valence-corrected chi connectivity index (χ1v) is 10.7. The van der Waals surface area contributed by atoms with E-state index in [9.17, 15) is 0 Å². The van der Waals surface area contributed by atoms with E-state index in [1.54, 1.807) is 19.5 Å². The van der Waals surface area contributed by atoms with Gasteiger partial charge in [-0.1, -0.05) is 58.0 Å². The molecular weight excluding hydrogens is 386 g/mol. The summed E-state index contributed by atoms with van der Waals surface area (Å²) in [5, 5.41) is 6.11. The SMILES string of the molecule is COC(C1=CC=C(c2cnc(N)nc2)CC1C)(c1nn(C)c2ccccc12)C(C)(C)C. The maximum atomic E-state index is 6.46. The van der Waals surface area contributed by atoms with E-state index in [4.69, 9.17) is 15.6 Å². The number of fused-ring (bicyclic) bond motifs is 1. The Labute approximate surface area is 183 Å². The highest BCUT2D eigenvalue weighted by atomic mass is 16.5. The molecule has 0 radical (unpaired) electrons. The Morgan fingerprint density at radius 1 is 1.10 bits per heavy atom.